The number of nitriles is 2. The van der Waals surface area contributed by atoms with E-state index in [1.165, 1.54) is 0 Å². The second-order valence-electron chi connectivity index (χ2n) is 10.8. The second-order valence-corrected chi connectivity index (χ2v) is 10.8. The van der Waals surface area contributed by atoms with Crippen molar-refractivity contribution in [3.63, 3.8) is 0 Å². The van der Waals surface area contributed by atoms with Crippen molar-refractivity contribution in [2.75, 3.05) is 0 Å². The van der Waals surface area contributed by atoms with Gasteiger partial charge in [-0.25, -0.2) is 0 Å². The number of Topliss-reactive ketones (excluding diaryl/α,β-unsaturated/α-hetero) is 2. The molecule has 0 bridgehead atoms. The minimum absolute atomic E-state index is 0.242. The topological polar surface area (TPSA) is 81.7 Å². The first-order chi connectivity index (χ1) is 14.7. The Morgan fingerprint density at radius 1 is 1.06 bits per heavy atom. The summed E-state index contributed by atoms with van der Waals surface area (Å²) < 4.78 is 0. The van der Waals surface area contributed by atoms with Gasteiger partial charge in [0.05, 0.1) is 17.6 Å². The lowest BCUT2D eigenvalue weighted by molar-refractivity contribution is -0.142. The van der Waals surface area contributed by atoms with E-state index in [4.69, 9.17) is 0 Å². The van der Waals surface area contributed by atoms with Crippen LogP contribution in [0.25, 0.3) is 0 Å². The molecule has 3 fully saturated rings. The summed E-state index contributed by atoms with van der Waals surface area (Å²) in [5, 5.41) is 20.2. The molecule has 4 aliphatic rings. The van der Waals surface area contributed by atoms with Crippen molar-refractivity contribution in [2.24, 2.45) is 39.4 Å². The van der Waals surface area contributed by atoms with Crippen LogP contribution in [0.5, 0.6) is 0 Å². The van der Waals surface area contributed by atoms with Crippen LogP contribution < -0.4 is 0 Å². The molecular weight excluding hydrogens is 384 g/mol. The summed E-state index contributed by atoms with van der Waals surface area (Å²) in [6.07, 6.45) is 11.0. The molecule has 0 aromatic heterocycles. The first-order valence-electron chi connectivity index (χ1n) is 11.5. The predicted molar refractivity (Wildman–Crippen MR) is 118 cm³/mol. The first kappa shape index (κ1) is 21.8. The maximum absolute atomic E-state index is 13.8. The van der Waals surface area contributed by atoms with Crippen molar-refractivity contribution in [2.45, 2.75) is 65.2 Å². The molecule has 4 heteroatoms. The third kappa shape index (κ3) is 2.57. The zero-order valence-electron chi connectivity index (χ0n) is 18.7. The van der Waals surface area contributed by atoms with Crippen LogP contribution in [0.1, 0.15) is 65.2 Å². The van der Waals surface area contributed by atoms with Crippen LogP contribution in [-0.4, -0.2) is 11.6 Å². The molecule has 0 aromatic carbocycles. The Morgan fingerprint density at radius 2 is 1.68 bits per heavy atom. The number of rotatable bonds is 4. The molecule has 162 valence electrons. The van der Waals surface area contributed by atoms with Gasteiger partial charge in [-0.05, 0) is 68.1 Å². The minimum Gasteiger partial charge on any atom is -0.299 e. The molecule has 0 spiro atoms. The summed E-state index contributed by atoms with van der Waals surface area (Å²) in [7, 11) is 0. The van der Waals surface area contributed by atoms with Gasteiger partial charge in [-0.2, -0.15) is 10.5 Å². The van der Waals surface area contributed by atoms with E-state index in [9.17, 15) is 20.1 Å². The van der Waals surface area contributed by atoms with E-state index < -0.39 is 16.2 Å². The van der Waals surface area contributed by atoms with Gasteiger partial charge in [-0.1, -0.05) is 37.6 Å². The lowest BCUT2D eigenvalue weighted by atomic mass is 9.40. The summed E-state index contributed by atoms with van der Waals surface area (Å²) in [6, 6.07) is 4.28. The number of allylic oxidation sites excluding steroid dienone is 4. The Hall–Kier alpha value is -2.46. The van der Waals surface area contributed by atoms with E-state index in [2.05, 4.69) is 45.2 Å². The van der Waals surface area contributed by atoms with E-state index >= 15 is 0 Å². The highest BCUT2D eigenvalue weighted by atomic mass is 16.1. The number of hydrogen-bond donors (Lipinski definition) is 0. The first-order valence-corrected chi connectivity index (χ1v) is 11.5. The van der Waals surface area contributed by atoms with Gasteiger partial charge in [0.25, 0.3) is 0 Å². The summed E-state index contributed by atoms with van der Waals surface area (Å²) in [5.74, 6) is 1.07. The fourth-order valence-electron chi connectivity index (χ4n) is 8.18. The molecule has 0 heterocycles. The Morgan fingerprint density at radius 3 is 2.26 bits per heavy atom. The second kappa shape index (κ2) is 7.03. The molecule has 0 saturated heterocycles. The van der Waals surface area contributed by atoms with Gasteiger partial charge in [-0.3, -0.25) is 9.59 Å². The minimum atomic E-state index is -1.66. The van der Waals surface area contributed by atoms with Gasteiger partial charge in [0.2, 0.25) is 5.41 Å². The third-order valence-corrected chi connectivity index (χ3v) is 9.51. The van der Waals surface area contributed by atoms with E-state index in [-0.39, 0.29) is 23.5 Å². The van der Waals surface area contributed by atoms with Gasteiger partial charge in [-0.15, -0.1) is 13.2 Å². The van der Waals surface area contributed by atoms with Crippen LogP contribution in [0.4, 0.5) is 0 Å². The fraction of sp³-hybridized carbons (Fsp3) is 0.630. The van der Waals surface area contributed by atoms with Crippen LogP contribution in [-0.2, 0) is 9.59 Å². The average molecular weight is 417 g/mol. The molecule has 0 radical (unpaired) electrons. The molecule has 4 rings (SSSR count). The predicted octanol–water partition coefficient (Wildman–Crippen LogP) is 5.48. The monoisotopic (exact) mass is 416 g/mol. The van der Waals surface area contributed by atoms with Gasteiger partial charge in [0.15, 0.2) is 5.78 Å². The molecule has 0 unspecified atom stereocenters. The van der Waals surface area contributed by atoms with E-state index in [0.717, 1.165) is 31.3 Å². The Labute approximate surface area is 185 Å². The summed E-state index contributed by atoms with van der Waals surface area (Å²) in [5.41, 5.74) is -2.18. The Balaban J connectivity index is 1.91. The van der Waals surface area contributed by atoms with Crippen LogP contribution in [0, 0.1) is 62.1 Å². The summed E-state index contributed by atoms with van der Waals surface area (Å²) in [6.45, 7) is 12.1. The van der Waals surface area contributed by atoms with E-state index in [1.807, 2.05) is 0 Å². The van der Waals surface area contributed by atoms with E-state index in [0.29, 0.717) is 36.9 Å². The van der Waals surface area contributed by atoms with Crippen LogP contribution in [0.2, 0.25) is 0 Å². The number of ketones is 2. The van der Waals surface area contributed by atoms with Crippen LogP contribution in [0.3, 0.4) is 0 Å². The van der Waals surface area contributed by atoms with Gasteiger partial charge < -0.3 is 0 Å². The Bertz CT molecular complexity index is 952. The maximum atomic E-state index is 13.8. The molecule has 0 aliphatic heterocycles. The normalized spacial score (nSPS) is 39.7. The zero-order chi connectivity index (χ0) is 22.7. The summed E-state index contributed by atoms with van der Waals surface area (Å²) >= 11 is 0. The van der Waals surface area contributed by atoms with Crippen LogP contribution in [0.15, 0.2) is 37.0 Å². The molecule has 3 saturated carbocycles. The van der Waals surface area contributed by atoms with Gasteiger partial charge >= 0.3 is 0 Å². The largest absolute Gasteiger partial charge is 0.299 e. The van der Waals surface area contributed by atoms with Crippen molar-refractivity contribution in [3.8, 4) is 12.1 Å². The SMILES string of the molecule is C=CCC1(CC=C)C(=O)C(C#N)(C#N)C[C@@]2(C)C1=CC[C@@H]1[C@@H]2CC[C@]2(C)C(=O)CC[C@@H]12. The van der Waals surface area contributed by atoms with Crippen molar-refractivity contribution in [3.05, 3.63) is 37.0 Å². The standard InChI is InChI=1S/C27H32N2O2/c1-5-12-27(13-6-2)21-9-7-18-19-8-10-22(30)24(19,3)14-11-20(18)25(21,4)15-26(16-28,17-29)23(27)31/h5-6,9,18-20H,1-2,7-8,10-15H2,3-4H3/t18-,19-,20-,24-,25+/m0/s1. The number of carbonyl (C=O) groups excluding carboxylic acids is 2. The quantitative estimate of drug-likeness (QED) is 0.568. The zero-order valence-corrected chi connectivity index (χ0v) is 18.7. The fourth-order valence-corrected chi connectivity index (χ4v) is 8.18. The molecule has 0 amide bonds. The highest BCUT2D eigenvalue weighted by Crippen LogP contribution is 2.69. The number of carbonyl (C=O) groups is 2. The molecule has 31 heavy (non-hydrogen) atoms. The van der Waals surface area contributed by atoms with Crippen molar-refractivity contribution >= 4 is 11.6 Å². The third-order valence-electron chi connectivity index (χ3n) is 9.51. The number of fused-ring (bicyclic) bond motifs is 5. The van der Waals surface area contributed by atoms with Gasteiger partial charge in [0.1, 0.15) is 5.78 Å². The lowest BCUT2D eigenvalue weighted by Crippen LogP contribution is -2.59. The number of nitrogens with zero attached hydrogens (tertiary/aromatic N) is 2. The molecule has 0 aromatic rings. The average Bonchev–Trinajstić information content (AvgIpc) is 3.06. The van der Waals surface area contributed by atoms with Gasteiger partial charge in [0, 0.05) is 11.8 Å². The van der Waals surface area contributed by atoms with Crippen molar-refractivity contribution in [1.29, 1.82) is 10.5 Å². The highest BCUT2D eigenvalue weighted by molar-refractivity contribution is 5.99. The maximum Gasteiger partial charge on any atom is 0.203 e. The smallest absolute Gasteiger partial charge is 0.203 e. The highest BCUT2D eigenvalue weighted by Gasteiger charge is 2.67. The lowest BCUT2D eigenvalue weighted by Gasteiger charge is -2.61. The molecule has 5 atom stereocenters. The van der Waals surface area contributed by atoms with Crippen LogP contribution >= 0.6 is 0 Å². The van der Waals surface area contributed by atoms with Crippen molar-refractivity contribution in [1.82, 2.24) is 0 Å². The van der Waals surface area contributed by atoms with E-state index in [1.54, 1.807) is 12.2 Å². The number of hydrogen-bond acceptors (Lipinski definition) is 4. The molecule has 4 nitrogen and oxygen atoms in total. The Kier molecular flexibility index (Phi) is 4.93. The molecule has 4 aliphatic carbocycles. The molecule has 0 N–H and O–H groups in total. The molecular formula is C27H32N2O2. The van der Waals surface area contributed by atoms with Crippen molar-refractivity contribution < 1.29 is 9.59 Å². The summed E-state index contributed by atoms with van der Waals surface area (Å²) in [4.78, 5) is 26.5.